The lowest BCUT2D eigenvalue weighted by molar-refractivity contribution is 0.480. The molecule has 0 aliphatic heterocycles. The number of hydrogen-bond donors (Lipinski definition) is 1. The molecular weight excluding hydrogens is 431 g/mol. The molecule has 1 atom stereocenters. The van der Waals surface area contributed by atoms with Gasteiger partial charge in [-0.3, -0.25) is 0 Å². The van der Waals surface area contributed by atoms with E-state index in [0.717, 1.165) is 25.6 Å². The van der Waals surface area contributed by atoms with Gasteiger partial charge in [-0.2, -0.15) is 0 Å². The van der Waals surface area contributed by atoms with Crippen molar-refractivity contribution in [1.29, 1.82) is 0 Å². The van der Waals surface area contributed by atoms with E-state index in [-0.39, 0.29) is 5.56 Å². The fraction of sp³-hybridized carbons (Fsp3) is 0.286. The van der Waals surface area contributed by atoms with Crippen molar-refractivity contribution in [1.82, 2.24) is 5.32 Å². The van der Waals surface area contributed by atoms with E-state index in [4.69, 9.17) is 0 Å². The molecule has 1 N–H and O–H groups in total. The predicted molar refractivity (Wildman–Crippen MR) is 86.2 cm³/mol. The van der Waals surface area contributed by atoms with Gasteiger partial charge < -0.3 is 5.32 Å². The van der Waals surface area contributed by atoms with E-state index >= 15 is 0 Å². The van der Waals surface area contributed by atoms with Gasteiger partial charge in [0.25, 0.3) is 0 Å². The Balaban J connectivity index is 2.47. The van der Waals surface area contributed by atoms with Crippen LogP contribution < -0.4 is 5.32 Å². The van der Waals surface area contributed by atoms with Gasteiger partial charge in [0.2, 0.25) is 0 Å². The Morgan fingerprint density at radius 2 is 1.76 bits per heavy atom. The lowest BCUT2D eigenvalue weighted by Crippen LogP contribution is -2.23. The van der Waals surface area contributed by atoms with Gasteiger partial charge in [0.05, 0.1) is 9.83 Å². The summed E-state index contributed by atoms with van der Waals surface area (Å²) in [6, 6.07) is 2.82. The van der Waals surface area contributed by atoms with Crippen molar-refractivity contribution in [2.75, 3.05) is 6.54 Å². The first kappa shape index (κ1) is 17.0. The first-order chi connectivity index (χ1) is 9.93. The third-order valence-electron chi connectivity index (χ3n) is 2.90. The summed E-state index contributed by atoms with van der Waals surface area (Å²) in [7, 11) is 0. The van der Waals surface area contributed by atoms with Crippen LogP contribution in [0.3, 0.4) is 0 Å². The molecule has 7 heteroatoms. The van der Waals surface area contributed by atoms with E-state index in [2.05, 4.69) is 37.2 Å². The second-order valence-electron chi connectivity index (χ2n) is 4.45. The Morgan fingerprint density at radius 1 is 1.10 bits per heavy atom. The average Bonchev–Trinajstić information content (AvgIpc) is 2.75. The SMILES string of the molecule is CCCNC(c1cc(Br)c(Br)s1)c1cc(F)c(F)cc1F. The Labute approximate surface area is 141 Å². The third-order valence-corrected chi connectivity index (χ3v) is 6.22. The second kappa shape index (κ2) is 7.26. The monoisotopic (exact) mass is 441 g/mol. The van der Waals surface area contributed by atoms with E-state index in [1.807, 2.05) is 13.0 Å². The molecule has 1 heterocycles. The lowest BCUT2D eigenvalue weighted by Gasteiger charge is -2.18. The van der Waals surface area contributed by atoms with E-state index in [1.165, 1.54) is 11.3 Å². The molecule has 0 radical (unpaired) electrons. The quantitative estimate of drug-likeness (QED) is 0.578. The molecule has 0 aliphatic rings. The van der Waals surface area contributed by atoms with Gasteiger partial charge in [0, 0.05) is 21.0 Å². The molecular formula is C14H12Br2F3NS. The van der Waals surface area contributed by atoms with Gasteiger partial charge in [-0.1, -0.05) is 6.92 Å². The molecule has 0 spiro atoms. The number of thiophene rings is 1. The summed E-state index contributed by atoms with van der Waals surface area (Å²) in [5.74, 6) is -2.99. The van der Waals surface area contributed by atoms with Crippen LogP contribution in [0.15, 0.2) is 26.5 Å². The zero-order valence-electron chi connectivity index (χ0n) is 11.0. The summed E-state index contributed by atoms with van der Waals surface area (Å²) in [6.45, 7) is 2.61. The van der Waals surface area contributed by atoms with Crippen LogP contribution in [0.4, 0.5) is 13.2 Å². The Kier molecular flexibility index (Phi) is 5.88. The summed E-state index contributed by atoms with van der Waals surface area (Å²) in [5, 5.41) is 3.17. The normalized spacial score (nSPS) is 12.7. The van der Waals surface area contributed by atoms with E-state index in [1.54, 1.807) is 0 Å². The molecule has 21 heavy (non-hydrogen) atoms. The summed E-state index contributed by atoms with van der Waals surface area (Å²) < 4.78 is 42.3. The van der Waals surface area contributed by atoms with Gasteiger partial charge in [0.15, 0.2) is 11.6 Å². The Bertz CT molecular complexity index is 626. The molecule has 0 aliphatic carbocycles. The van der Waals surface area contributed by atoms with Crippen molar-refractivity contribution in [3.8, 4) is 0 Å². The molecule has 114 valence electrons. The van der Waals surface area contributed by atoms with Crippen molar-refractivity contribution in [2.45, 2.75) is 19.4 Å². The molecule has 1 aromatic carbocycles. The molecule has 0 bridgehead atoms. The van der Waals surface area contributed by atoms with Crippen molar-refractivity contribution in [3.63, 3.8) is 0 Å². The molecule has 0 saturated heterocycles. The minimum Gasteiger partial charge on any atom is -0.306 e. The molecule has 0 fully saturated rings. The highest BCUT2D eigenvalue weighted by Crippen LogP contribution is 2.38. The third kappa shape index (κ3) is 3.88. The minimum atomic E-state index is -1.18. The minimum absolute atomic E-state index is 0.101. The molecule has 0 amide bonds. The lowest BCUT2D eigenvalue weighted by atomic mass is 10.0. The average molecular weight is 443 g/mol. The molecule has 1 nitrogen and oxygen atoms in total. The highest BCUT2D eigenvalue weighted by Gasteiger charge is 2.22. The highest BCUT2D eigenvalue weighted by atomic mass is 79.9. The zero-order valence-corrected chi connectivity index (χ0v) is 15.0. The zero-order chi connectivity index (χ0) is 15.6. The molecule has 0 saturated carbocycles. The fourth-order valence-electron chi connectivity index (χ4n) is 1.92. The van der Waals surface area contributed by atoms with Crippen LogP contribution in [0.1, 0.15) is 29.8 Å². The summed E-state index contributed by atoms with van der Waals surface area (Å²) >= 11 is 8.17. The predicted octanol–water partition coefficient (Wildman–Crippen LogP) is 5.78. The van der Waals surface area contributed by atoms with Gasteiger partial charge >= 0.3 is 0 Å². The van der Waals surface area contributed by atoms with Gasteiger partial charge in [-0.15, -0.1) is 11.3 Å². The standard InChI is InChI=1S/C14H12Br2F3NS/c1-2-3-20-13(12-5-8(15)14(16)21-12)7-4-10(18)11(19)6-9(7)17/h4-6,13,20H,2-3H2,1H3. The molecule has 1 aromatic heterocycles. The largest absolute Gasteiger partial charge is 0.306 e. The first-order valence-corrected chi connectivity index (χ1v) is 8.66. The Hall–Kier alpha value is -0.370. The number of benzene rings is 1. The summed E-state index contributed by atoms with van der Waals surface area (Å²) in [5.41, 5.74) is 0.101. The van der Waals surface area contributed by atoms with Crippen LogP contribution in [0.2, 0.25) is 0 Å². The first-order valence-electron chi connectivity index (χ1n) is 6.26. The smallest absolute Gasteiger partial charge is 0.161 e. The van der Waals surface area contributed by atoms with Crippen LogP contribution in [0, 0.1) is 17.5 Å². The van der Waals surface area contributed by atoms with Gasteiger partial charge in [-0.05, 0) is 57.0 Å². The maximum atomic E-state index is 14.0. The topological polar surface area (TPSA) is 12.0 Å². The van der Waals surface area contributed by atoms with E-state index in [0.29, 0.717) is 12.6 Å². The van der Waals surface area contributed by atoms with Crippen LogP contribution in [-0.4, -0.2) is 6.54 Å². The van der Waals surface area contributed by atoms with Crippen LogP contribution in [0.5, 0.6) is 0 Å². The van der Waals surface area contributed by atoms with E-state index < -0.39 is 23.5 Å². The van der Waals surface area contributed by atoms with Gasteiger partial charge in [0.1, 0.15) is 5.82 Å². The summed E-state index contributed by atoms with van der Waals surface area (Å²) in [4.78, 5) is 0.812. The number of hydrogen-bond acceptors (Lipinski definition) is 2. The molecule has 2 rings (SSSR count). The maximum absolute atomic E-state index is 14.0. The van der Waals surface area contributed by atoms with Crippen molar-refractivity contribution in [3.05, 3.63) is 54.4 Å². The van der Waals surface area contributed by atoms with Crippen molar-refractivity contribution >= 4 is 43.2 Å². The maximum Gasteiger partial charge on any atom is 0.161 e. The van der Waals surface area contributed by atoms with Gasteiger partial charge in [-0.25, -0.2) is 13.2 Å². The second-order valence-corrected chi connectivity index (χ2v) is 7.70. The van der Waals surface area contributed by atoms with Crippen molar-refractivity contribution < 1.29 is 13.2 Å². The van der Waals surface area contributed by atoms with Crippen LogP contribution >= 0.6 is 43.2 Å². The van der Waals surface area contributed by atoms with Crippen LogP contribution in [-0.2, 0) is 0 Å². The molecule has 1 unspecified atom stereocenters. The number of rotatable bonds is 5. The van der Waals surface area contributed by atoms with E-state index in [9.17, 15) is 13.2 Å². The Morgan fingerprint density at radius 3 is 2.33 bits per heavy atom. The highest BCUT2D eigenvalue weighted by molar-refractivity contribution is 9.13. The van der Waals surface area contributed by atoms with Crippen molar-refractivity contribution in [2.24, 2.45) is 0 Å². The number of nitrogens with one attached hydrogen (secondary N) is 1. The number of halogens is 5. The fourth-order valence-corrected chi connectivity index (χ4v) is 4.10. The summed E-state index contributed by atoms with van der Waals surface area (Å²) in [6.07, 6.45) is 0.843. The van der Waals surface area contributed by atoms with Crippen LogP contribution in [0.25, 0.3) is 0 Å². The molecule has 2 aromatic rings.